The van der Waals surface area contributed by atoms with Gasteiger partial charge in [-0.05, 0) is 32.9 Å². The Morgan fingerprint density at radius 2 is 2.10 bits per heavy atom. The van der Waals surface area contributed by atoms with Gasteiger partial charge in [-0.2, -0.15) is 0 Å². The Morgan fingerprint density at radius 3 is 2.80 bits per heavy atom. The van der Waals surface area contributed by atoms with Gasteiger partial charge in [0.25, 0.3) is 0 Å². The van der Waals surface area contributed by atoms with Gasteiger partial charge in [0, 0.05) is 31.7 Å². The summed E-state index contributed by atoms with van der Waals surface area (Å²) in [5.74, 6) is 1.74. The minimum absolute atomic E-state index is 0.0105. The molecule has 0 fully saturated rings. The Hall–Kier alpha value is -2.11. The van der Waals surface area contributed by atoms with E-state index in [4.69, 9.17) is 0 Å². The van der Waals surface area contributed by atoms with E-state index < -0.39 is 0 Å². The fourth-order valence-corrected chi connectivity index (χ4v) is 1.89. The van der Waals surface area contributed by atoms with E-state index in [1.54, 1.807) is 7.05 Å². The maximum Gasteiger partial charge on any atom is 0.191 e. The molecule has 0 amide bonds. The SMILES string of the molecule is CN=C(NCCc1nnc2ccccn12)NC(C)(C)C. The Labute approximate surface area is 119 Å². The third kappa shape index (κ3) is 3.69. The lowest BCUT2D eigenvalue weighted by Gasteiger charge is -2.23. The van der Waals surface area contributed by atoms with E-state index in [2.05, 4.69) is 46.6 Å². The number of pyridine rings is 1. The van der Waals surface area contributed by atoms with Gasteiger partial charge >= 0.3 is 0 Å². The van der Waals surface area contributed by atoms with E-state index in [0.717, 1.165) is 30.4 Å². The van der Waals surface area contributed by atoms with Gasteiger partial charge in [0.1, 0.15) is 5.82 Å². The van der Waals surface area contributed by atoms with Crippen molar-refractivity contribution in [2.75, 3.05) is 13.6 Å². The Balaban J connectivity index is 1.92. The highest BCUT2D eigenvalue weighted by atomic mass is 15.2. The van der Waals surface area contributed by atoms with Gasteiger partial charge in [-0.3, -0.25) is 9.39 Å². The molecule has 0 aliphatic rings. The average Bonchev–Trinajstić information content (AvgIpc) is 2.80. The molecule has 2 aromatic heterocycles. The maximum atomic E-state index is 4.21. The quantitative estimate of drug-likeness (QED) is 0.653. The molecular weight excluding hydrogens is 252 g/mol. The van der Waals surface area contributed by atoms with Crippen LogP contribution in [0.1, 0.15) is 26.6 Å². The zero-order valence-electron chi connectivity index (χ0n) is 12.5. The average molecular weight is 274 g/mol. The largest absolute Gasteiger partial charge is 0.356 e. The molecule has 2 aromatic rings. The molecule has 6 nitrogen and oxygen atoms in total. The van der Waals surface area contributed by atoms with Crippen molar-refractivity contribution >= 4 is 11.6 Å². The molecule has 0 spiro atoms. The van der Waals surface area contributed by atoms with Crippen molar-refractivity contribution in [3.8, 4) is 0 Å². The third-order valence-electron chi connectivity index (χ3n) is 2.74. The van der Waals surface area contributed by atoms with Crippen LogP contribution in [-0.4, -0.2) is 39.7 Å². The number of nitrogens with zero attached hydrogens (tertiary/aromatic N) is 4. The number of fused-ring (bicyclic) bond motifs is 1. The van der Waals surface area contributed by atoms with E-state index in [0.29, 0.717) is 0 Å². The van der Waals surface area contributed by atoms with Gasteiger partial charge in [-0.1, -0.05) is 6.07 Å². The summed E-state index contributed by atoms with van der Waals surface area (Å²) in [6.45, 7) is 7.06. The number of aliphatic imine (C=N–C) groups is 1. The standard InChI is InChI=1S/C14H22N6/c1-14(2,3)17-13(15-4)16-9-8-12-19-18-11-7-5-6-10-20(11)12/h5-7,10H,8-9H2,1-4H3,(H2,15,16,17). The number of guanidine groups is 1. The first-order chi connectivity index (χ1) is 9.49. The van der Waals surface area contributed by atoms with Gasteiger partial charge in [0.2, 0.25) is 0 Å². The fourth-order valence-electron chi connectivity index (χ4n) is 1.89. The highest BCUT2D eigenvalue weighted by molar-refractivity contribution is 5.80. The van der Waals surface area contributed by atoms with Crippen molar-refractivity contribution in [3.63, 3.8) is 0 Å². The van der Waals surface area contributed by atoms with Crippen LogP contribution >= 0.6 is 0 Å². The second-order valence-corrected chi connectivity index (χ2v) is 5.67. The number of rotatable bonds is 3. The van der Waals surface area contributed by atoms with Crippen LogP contribution in [0.2, 0.25) is 0 Å². The van der Waals surface area contributed by atoms with Crippen molar-refractivity contribution in [2.24, 2.45) is 4.99 Å². The van der Waals surface area contributed by atoms with E-state index in [-0.39, 0.29) is 5.54 Å². The summed E-state index contributed by atoms with van der Waals surface area (Å²) >= 11 is 0. The van der Waals surface area contributed by atoms with Crippen LogP contribution in [0.3, 0.4) is 0 Å². The maximum absolute atomic E-state index is 4.21. The molecule has 2 rings (SSSR count). The van der Waals surface area contributed by atoms with Crippen molar-refractivity contribution in [3.05, 3.63) is 30.2 Å². The molecule has 0 unspecified atom stereocenters. The minimum atomic E-state index is -0.0105. The molecule has 0 aliphatic carbocycles. The van der Waals surface area contributed by atoms with Crippen molar-refractivity contribution < 1.29 is 0 Å². The number of aromatic nitrogens is 3. The molecule has 0 bridgehead atoms. The predicted octanol–water partition coefficient (Wildman–Crippen LogP) is 1.24. The summed E-state index contributed by atoms with van der Waals surface area (Å²) in [5, 5.41) is 14.9. The molecule has 0 atom stereocenters. The molecule has 2 heterocycles. The second-order valence-electron chi connectivity index (χ2n) is 5.67. The summed E-state index contributed by atoms with van der Waals surface area (Å²) < 4.78 is 2.00. The summed E-state index contributed by atoms with van der Waals surface area (Å²) in [5.41, 5.74) is 0.864. The molecule has 2 N–H and O–H groups in total. The first-order valence-electron chi connectivity index (χ1n) is 6.77. The summed E-state index contributed by atoms with van der Waals surface area (Å²) in [4.78, 5) is 4.21. The molecule has 108 valence electrons. The van der Waals surface area contributed by atoms with Gasteiger partial charge in [-0.15, -0.1) is 10.2 Å². The van der Waals surface area contributed by atoms with Crippen LogP contribution in [0.5, 0.6) is 0 Å². The first kappa shape index (κ1) is 14.3. The number of hydrogen-bond donors (Lipinski definition) is 2. The van der Waals surface area contributed by atoms with Crippen molar-refractivity contribution in [1.29, 1.82) is 0 Å². The van der Waals surface area contributed by atoms with Crippen LogP contribution in [-0.2, 0) is 6.42 Å². The van der Waals surface area contributed by atoms with E-state index in [9.17, 15) is 0 Å². The molecule has 0 saturated heterocycles. The molecule has 6 heteroatoms. The van der Waals surface area contributed by atoms with Crippen LogP contribution < -0.4 is 10.6 Å². The lowest BCUT2D eigenvalue weighted by atomic mass is 10.1. The Kier molecular flexibility index (Phi) is 4.22. The topological polar surface area (TPSA) is 66.6 Å². The van der Waals surface area contributed by atoms with Crippen LogP contribution in [0.15, 0.2) is 29.4 Å². The summed E-state index contributed by atoms with van der Waals surface area (Å²) in [6.07, 6.45) is 2.77. The van der Waals surface area contributed by atoms with E-state index >= 15 is 0 Å². The zero-order chi connectivity index (χ0) is 14.6. The van der Waals surface area contributed by atoms with Crippen molar-refractivity contribution in [2.45, 2.75) is 32.7 Å². The van der Waals surface area contributed by atoms with Crippen LogP contribution in [0, 0.1) is 0 Å². The monoisotopic (exact) mass is 274 g/mol. The molecule has 0 aromatic carbocycles. The molecular formula is C14H22N6. The lowest BCUT2D eigenvalue weighted by Crippen LogP contribution is -2.48. The number of nitrogens with one attached hydrogen (secondary N) is 2. The van der Waals surface area contributed by atoms with Crippen LogP contribution in [0.25, 0.3) is 5.65 Å². The van der Waals surface area contributed by atoms with E-state index in [1.165, 1.54) is 0 Å². The fraction of sp³-hybridized carbons (Fsp3) is 0.500. The number of hydrogen-bond acceptors (Lipinski definition) is 3. The smallest absolute Gasteiger partial charge is 0.191 e. The summed E-state index contributed by atoms with van der Waals surface area (Å²) in [7, 11) is 1.77. The first-order valence-corrected chi connectivity index (χ1v) is 6.77. The van der Waals surface area contributed by atoms with Crippen LogP contribution in [0.4, 0.5) is 0 Å². The minimum Gasteiger partial charge on any atom is -0.356 e. The zero-order valence-corrected chi connectivity index (χ0v) is 12.5. The molecule has 0 saturated carbocycles. The van der Waals surface area contributed by atoms with Gasteiger partial charge < -0.3 is 10.6 Å². The van der Waals surface area contributed by atoms with Crippen molar-refractivity contribution in [1.82, 2.24) is 25.2 Å². The van der Waals surface area contributed by atoms with Gasteiger partial charge in [0.15, 0.2) is 11.6 Å². The normalized spacial score (nSPS) is 12.7. The predicted molar refractivity (Wildman–Crippen MR) is 80.9 cm³/mol. The molecule has 0 aliphatic heterocycles. The highest BCUT2D eigenvalue weighted by Crippen LogP contribution is 2.03. The Morgan fingerprint density at radius 1 is 1.30 bits per heavy atom. The highest BCUT2D eigenvalue weighted by Gasteiger charge is 2.11. The van der Waals surface area contributed by atoms with Gasteiger partial charge in [0.05, 0.1) is 0 Å². The van der Waals surface area contributed by atoms with E-state index in [1.807, 2.05) is 28.8 Å². The third-order valence-corrected chi connectivity index (χ3v) is 2.74. The lowest BCUT2D eigenvalue weighted by molar-refractivity contribution is 0.501. The van der Waals surface area contributed by atoms with Gasteiger partial charge in [-0.25, -0.2) is 0 Å². The summed E-state index contributed by atoms with van der Waals surface area (Å²) in [6, 6.07) is 5.89. The second kappa shape index (κ2) is 5.90. The molecule has 0 radical (unpaired) electrons. The molecule has 20 heavy (non-hydrogen) atoms. The Bertz CT molecular complexity index is 593.